The molecule has 3 rings (SSSR count). The Morgan fingerprint density at radius 3 is 2.54 bits per heavy atom. The Kier molecular flexibility index (Phi) is 6.55. The van der Waals surface area contributed by atoms with Crippen molar-refractivity contribution < 1.29 is 9.47 Å². The molecule has 1 saturated carbocycles. The Bertz CT molecular complexity index is 831. The molecule has 1 atom stereocenters. The first-order valence-electron chi connectivity index (χ1n) is 10.3. The zero-order chi connectivity index (χ0) is 20.3. The van der Waals surface area contributed by atoms with E-state index in [-0.39, 0.29) is 0 Å². The van der Waals surface area contributed by atoms with Crippen LogP contribution >= 0.6 is 0 Å². The number of nitrogens with zero attached hydrogens (tertiary/aromatic N) is 2. The molecule has 1 aliphatic rings. The smallest absolute Gasteiger partial charge is 0.220 e. The number of methoxy groups -OCH3 is 1. The first-order valence-corrected chi connectivity index (χ1v) is 10.3. The van der Waals surface area contributed by atoms with Crippen LogP contribution in [0.5, 0.6) is 11.6 Å². The van der Waals surface area contributed by atoms with Crippen LogP contribution in [0.25, 0.3) is 11.4 Å². The van der Waals surface area contributed by atoms with E-state index in [0.29, 0.717) is 30.8 Å². The number of hydrogen-bond acceptors (Lipinski definition) is 5. The Hall–Kier alpha value is -2.14. The molecule has 5 heteroatoms. The Balaban J connectivity index is 2.09. The summed E-state index contributed by atoms with van der Waals surface area (Å²) < 4.78 is 11.7. The summed E-state index contributed by atoms with van der Waals surface area (Å²) >= 11 is 0. The summed E-state index contributed by atoms with van der Waals surface area (Å²) in [6.45, 7) is 9.46. The van der Waals surface area contributed by atoms with Gasteiger partial charge in [0.25, 0.3) is 0 Å². The fraction of sp³-hybridized carbons (Fsp3) is 0.565. The maximum atomic E-state index is 5.91. The van der Waals surface area contributed by atoms with Gasteiger partial charge in [-0.15, -0.1) is 0 Å². The predicted octanol–water partition coefficient (Wildman–Crippen LogP) is 4.71. The maximum Gasteiger partial charge on any atom is 0.220 e. The molecular formula is C23H33N3O2. The van der Waals surface area contributed by atoms with Crippen molar-refractivity contribution in [3.8, 4) is 23.0 Å². The highest BCUT2D eigenvalue weighted by Gasteiger charge is 2.30. The fourth-order valence-electron chi connectivity index (χ4n) is 4.11. The maximum absolute atomic E-state index is 5.91. The molecule has 0 saturated heterocycles. The number of aromatic nitrogens is 2. The molecule has 0 radical (unpaired) electrons. The predicted molar refractivity (Wildman–Crippen MR) is 113 cm³/mol. The fourth-order valence-corrected chi connectivity index (χ4v) is 4.11. The van der Waals surface area contributed by atoms with Gasteiger partial charge in [0, 0.05) is 11.3 Å². The van der Waals surface area contributed by atoms with E-state index < -0.39 is 0 Å². The lowest BCUT2D eigenvalue weighted by atomic mass is 9.89. The van der Waals surface area contributed by atoms with Crippen LogP contribution in [0.15, 0.2) is 12.1 Å². The first kappa shape index (κ1) is 20.6. The van der Waals surface area contributed by atoms with Crippen LogP contribution in [0.3, 0.4) is 0 Å². The summed E-state index contributed by atoms with van der Waals surface area (Å²) in [5.41, 5.74) is 11.2. The van der Waals surface area contributed by atoms with E-state index in [1.165, 1.54) is 12.8 Å². The third kappa shape index (κ3) is 4.46. The van der Waals surface area contributed by atoms with Gasteiger partial charge in [-0.1, -0.05) is 18.9 Å². The summed E-state index contributed by atoms with van der Waals surface area (Å²) in [7, 11) is 1.69. The summed E-state index contributed by atoms with van der Waals surface area (Å²) in [6, 6.07) is 4.19. The summed E-state index contributed by atoms with van der Waals surface area (Å²) in [5, 5.41) is 0. The molecule has 0 aliphatic heterocycles. The lowest BCUT2D eigenvalue weighted by molar-refractivity contribution is 0.341. The molecule has 1 heterocycles. The van der Waals surface area contributed by atoms with Crippen molar-refractivity contribution in [1.82, 2.24) is 9.97 Å². The number of ether oxygens (including phenoxy) is 2. The van der Waals surface area contributed by atoms with E-state index in [0.717, 1.165) is 52.5 Å². The molecule has 1 aliphatic carbocycles. The zero-order valence-electron chi connectivity index (χ0n) is 17.8. The summed E-state index contributed by atoms with van der Waals surface area (Å²) in [6.07, 6.45) is 4.72. The van der Waals surface area contributed by atoms with E-state index in [2.05, 4.69) is 32.9 Å². The van der Waals surface area contributed by atoms with E-state index >= 15 is 0 Å². The highest BCUT2D eigenvalue weighted by molar-refractivity contribution is 5.70. The number of rotatable bonds is 9. The van der Waals surface area contributed by atoms with Crippen molar-refractivity contribution >= 4 is 0 Å². The van der Waals surface area contributed by atoms with E-state index in [1.807, 2.05) is 6.92 Å². The van der Waals surface area contributed by atoms with Gasteiger partial charge in [-0.3, -0.25) is 0 Å². The molecule has 1 fully saturated rings. The minimum atomic E-state index is 0.354. The minimum absolute atomic E-state index is 0.354. The normalized spacial score (nSPS) is 14.8. The van der Waals surface area contributed by atoms with Crippen LogP contribution in [-0.2, 0) is 0 Å². The number of hydrogen-bond donors (Lipinski definition) is 1. The average molecular weight is 384 g/mol. The highest BCUT2D eigenvalue weighted by atomic mass is 16.5. The SMILES string of the molecule is CCOc1cc(C)cc(C)c1-c1nc(C)c(C(CCN)CC2CC2)c(OC)n1. The van der Waals surface area contributed by atoms with Crippen LogP contribution in [0, 0.1) is 26.7 Å². The third-order valence-corrected chi connectivity index (χ3v) is 5.50. The highest BCUT2D eigenvalue weighted by Crippen LogP contribution is 2.43. The number of aryl methyl sites for hydroxylation is 3. The quantitative estimate of drug-likeness (QED) is 0.679. The second-order valence-electron chi connectivity index (χ2n) is 7.90. The molecule has 0 bridgehead atoms. The molecule has 28 heavy (non-hydrogen) atoms. The molecule has 5 nitrogen and oxygen atoms in total. The van der Waals surface area contributed by atoms with Crippen LogP contribution in [0.4, 0.5) is 0 Å². The molecule has 2 aromatic rings. The third-order valence-electron chi connectivity index (χ3n) is 5.50. The molecule has 152 valence electrons. The van der Waals surface area contributed by atoms with E-state index in [1.54, 1.807) is 7.11 Å². The monoisotopic (exact) mass is 383 g/mol. The molecule has 0 spiro atoms. The van der Waals surface area contributed by atoms with Crippen molar-refractivity contribution in [1.29, 1.82) is 0 Å². The van der Waals surface area contributed by atoms with Gasteiger partial charge in [0.15, 0.2) is 5.82 Å². The van der Waals surface area contributed by atoms with Crippen LogP contribution in [-0.4, -0.2) is 30.2 Å². The van der Waals surface area contributed by atoms with Gasteiger partial charge in [0.1, 0.15) is 5.75 Å². The van der Waals surface area contributed by atoms with Gasteiger partial charge in [0.2, 0.25) is 5.88 Å². The van der Waals surface area contributed by atoms with Crippen molar-refractivity contribution in [3.63, 3.8) is 0 Å². The number of nitrogens with two attached hydrogens (primary N) is 1. The summed E-state index contributed by atoms with van der Waals surface area (Å²) in [5.74, 6) is 3.32. The second-order valence-corrected chi connectivity index (χ2v) is 7.90. The van der Waals surface area contributed by atoms with Crippen molar-refractivity contribution in [2.75, 3.05) is 20.3 Å². The van der Waals surface area contributed by atoms with Crippen LogP contribution < -0.4 is 15.2 Å². The molecule has 2 N–H and O–H groups in total. The molecule has 1 aromatic carbocycles. The topological polar surface area (TPSA) is 70.3 Å². The average Bonchev–Trinajstić information content (AvgIpc) is 3.44. The van der Waals surface area contributed by atoms with Crippen molar-refractivity contribution in [2.45, 2.75) is 59.3 Å². The van der Waals surface area contributed by atoms with Gasteiger partial charge >= 0.3 is 0 Å². The van der Waals surface area contributed by atoms with Gasteiger partial charge in [0.05, 0.1) is 19.3 Å². The first-order chi connectivity index (χ1) is 13.5. The van der Waals surface area contributed by atoms with Crippen molar-refractivity contribution in [2.24, 2.45) is 11.7 Å². The molecule has 0 amide bonds. The Morgan fingerprint density at radius 1 is 1.18 bits per heavy atom. The van der Waals surface area contributed by atoms with Crippen LogP contribution in [0.1, 0.15) is 60.9 Å². The van der Waals surface area contributed by atoms with E-state index in [9.17, 15) is 0 Å². The van der Waals surface area contributed by atoms with Gasteiger partial charge in [-0.05, 0) is 76.1 Å². The molecule has 1 aromatic heterocycles. The number of benzene rings is 1. The standard InChI is InChI=1S/C23H33N3O2/c1-6-28-19-12-14(2)11-15(3)20(19)22-25-16(4)21(23(26-22)27-5)18(9-10-24)13-17-7-8-17/h11-12,17-18H,6-10,13,24H2,1-5H3. The van der Waals surface area contributed by atoms with Gasteiger partial charge < -0.3 is 15.2 Å². The van der Waals surface area contributed by atoms with Crippen molar-refractivity contribution in [3.05, 3.63) is 34.5 Å². The minimum Gasteiger partial charge on any atom is -0.493 e. The van der Waals surface area contributed by atoms with Crippen LogP contribution in [0.2, 0.25) is 0 Å². The zero-order valence-corrected chi connectivity index (χ0v) is 17.8. The lowest BCUT2D eigenvalue weighted by Crippen LogP contribution is -2.13. The molecule has 1 unspecified atom stereocenters. The Morgan fingerprint density at radius 2 is 1.93 bits per heavy atom. The second kappa shape index (κ2) is 8.91. The van der Waals surface area contributed by atoms with Gasteiger partial charge in [-0.25, -0.2) is 4.98 Å². The molecular weight excluding hydrogens is 350 g/mol. The van der Waals surface area contributed by atoms with E-state index in [4.69, 9.17) is 25.2 Å². The summed E-state index contributed by atoms with van der Waals surface area (Å²) in [4.78, 5) is 9.74. The van der Waals surface area contributed by atoms with Gasteiger partial charge in [-0.2, -0.15) is 4.98 Å². The Labute approximate surface area is 168 Å². The lowest BCUT2D eigenvalue weighted by Gasteiger charge is -2.22. The largest absolute Gasteiger partial charge is 0.493 e.